The van der Waals surface area contributed by atoms with Crippen LogP contribution in [0.15, 0.2) is 36.4 Å². The van der Waals surface area contributed by atoms with E-state index in [0.717, 1.165) is 50.9 Å². The number of thiazole rings is 1. The summed E-state index contributed by atoms with van der Waals surface area (Å²) in [4.78, 5) is 5.79. The zero-order chi connectivity index (χ0) is 22.5. The fraction of sp³-hybridized carbons (Fsp3) is 0.320. The van der Waals surface area contributed by atoms with Gasteiger partial charge in [0.15, 0.2) is 0 Å². The Morgan fingerprint density at radius 3 is 2.55 bits per heavy atom. The van der Waals surface area contributed by atoms with Crippen molar-refractivity contribution in [2.45, 2.75) is 45.6 Å². The number of methoxy groups -OCH3 is 1. The molecule has 3 aromatic rings. The lowest BCUT2D eigenvalue weighted by molar-refractivity contribution is 0.412. The van der Waals surface area contributed by atoms with Crippen LogP contribution in [0.2, 0.25) is 5.02 Å². The molecule has 2 atom stereocenters. The Bertz CT molecular complexity index is 1120. The van der Waals surface area contributed by atoms with Crippen LogP contribution in [-0.4, -0.2) is 12.1 Å². The molecule has 0 radical (unpaired) electrons. The highest BCUT2D eigenvalue weighted by Gasteiger charge is 2.18. The van der Waals surface area contributed by atoms with E-state index in [9.17, 15) is 4.39 Å². The van der Waals surface area contributed by atoms with Crippen LogP contribution < -0.4 is 10.5 Å². The van der Waals surface area contributed by atoms with Gasteiger partial charge in [0.1, 0.15) is 22.6 Å². The standard InChI is InChI=1S/C25H26ClFN2OS/c1-5-6-17(18-7-10-19(27)11-8-18)9-12-22(28)25-29-24(16(3)31-25)20-13-15(2)23(30-4)14-21(20)26/h7-8,10-11,13-14,17,22H,5-6,28H2,1-4H3. The third-order valence-electron chi connectivity index (χ3n) is 5.08. The highest BCUT2D eigenvalue weighted by Crippen LogP contribution is 2.37. The second kappa shape index (κ2) is 10.3. The Hall–Kier alpha value is -2.39. The van der Waals surface area contributed by atoms with E-state index < -0.39 is 6.04 Å². The van der Waals surface area contributed by atoms with Gasteiger partial charge >= 0.3 is 0 Å². The third-order valence-corrected chi connectivity index (χ3v) is 6.45. The van der Waals surface area contributed by atoms with Crippen molar-refractivity contribution in [2.24, 2.45) is 5.73 Å². The summed E-state index contributed by atoms with van der Waals surface area (Å²) in [5.74, 6) is 6.95. The highest BCUT2D eigenvalue weighted by molar-refractivity contribution is 7.12. The molecule has 6 heteroatoms. The third kappa shape index (κ3) is 5.46. The molecule has 1 aromatic heterocycles. The fourth-order valence-corrected chi connectivity index (χ4v) is 4.55. The quantitative estimate of drug-likeness (QED) is 0.414. The first-order chi connectivity index (χ1) is 14.8. The lowest BCUT2D eigenvalue weighted by Gasteiger charge is -2.10. The second-order valence-electron chi connectivity index (χ2n) is 7.42. The molecule has 2 aromatic carbocycles. The molecule has 0 aliphatic rings. The maximum atomic E-state index is 13.3. The van der Waals surface area contributed by atoms with E-state index in [2.05, 4.69) is 18.8 Å². The van der Waals surface area contributed by atoms with Gasteiger partial charge in [-0.25, -0.2) is 9.37 Å². The minimum absolute atomic E-state index is 0.0101. The smallest absolute Gasteiger partial charge is 0.123 e. The Labute approximate surface area is 192 Å². The maximum Gasteiger partial charge on any atom is 0.123 e. The predicted molar refractivity (Wildman–Crippen MR) is 127 cm³/mol. The molecule has 0 saturated carbocycles. The summed E-state index contributed by atoms with van der Waals surface area (Å²) in [6.45, 7) is 6.09. The highest BCUT2D eigenvalue weighted by atomic mass is 35.5. The molecule has 2 unspecified atom stereocenters. The van der Waals surface area contributed by atoms with E-state index in [4.69, 9.17) is 27.1 Å². The Kier molecular flexibility index (Phi) is 7.72. The van der Waals surface area contributed by atoms with Gasteiger partial charge in [-0.05, 0) is 55.7 Å². The van der Waals surface area contributed by atoms with Gasteiger partial charge in [0, 0.05) is 16.4 Å². The molecule has 0 spiro atoms. The molecule has 3 rings (SSSR count). The van der Waals surface area contributed by atoms with Crippen molar-refractivity contribution in [3.8, 4) is 28.8 Å². The number of halogens is 2. The van der Waals surface area contributed by atoms with E-state index in [1.54, 1.807) is 19.2 Å². The first-order valence-electron chi connectivity index (χ1n) is 10.2. The second-order valence-corrected chi connectivity index (χ2v) is 9.06. The van der Waals surface area contributed by atoms with Crippen LogP contribution in [0.4, 0.5) is 4.39 Å². The van der Waals surface area contributed by atoms with E-state index in [1.165, 1.54) is 23.5 Å². The van der Waals surface area contributed by atoms with Gasteiger partial charge in [-0.15, -0.1) is 11.3 Å². The molecule has 0 aliphatic carbocycles. The number of aromatic nitrogens is 1. The molecular formula is C25H26ClFN2OS. The van der Waals surface area contributed by atoms with Crippen LogP contribution in [0.3, 0.4) is 0 Å². The molecule has 0 fully saturated rings. The van der Waals surface area contributed by atoms with Gasteiger partial charge in [-0.1, -0.05) is 48.9 Å². The summed E-state index contributed by atoms with van der Waals surface area (Å²) in [5, 5.41) is 1.33. The van der Waals surface area contributed by atoms with Gasteiger partial charge in [0.05, 0.1) is 17.8 Å². The first kappa shape index (κ1) is 23.3. The number of nitrogens with zero attached hydrogens (tertiary/aromatic N) is 1. The van der Waals surface area contributed by atoms with E-state index >= 15 is 0 Å². The van der Waals surface area contributed by atoms with E-state index in [1.807, 2.05) is 26.0 Å². The zero-order valence-corrected chi connectivity index (χ0v) is 19.7. The average Bonchev–Trinajstić information content (AvgIpc) is 3.14. The molecular weight excluding hydrogens is 431 g/mol. The van der Waals surface area contributed by atoms with Gasteiger partial charge in [-0.3, -0.25) is 0 Å². The minimum Gasteiger partial charge on any atom is -0.496 e. The SMILES string of the molecule is CCCC(C#CC(N)c1nc(-c2cc(C)c(OC)cc2Cl)c(C)s1)c1ccc(F)cc1. The maximum absolute atomic E-state index is 13.3. The van der Waals surface area contributed by atoms with Crippen molar-refractivity contribution >= 4 is 22.9 Å². The molecule has 2 N–H and O–H groups in total. The number of hydrogen-bond acceptors (Lipinski definition) is 4. The zero-order valence-electron chi connectivity index (χ0n) is 18.1. The molecule has 3 nitrogen and oxygen atoms in total. The number of hydrogen-bond donors (Lipinski definition) is 1. The molecule has 0 saturated heterocycles. The number of rotatable bonds is 6. The summed E-state index contributed by atoms with van der Waals surface area (Å²) < 4.78 is 18.6. The summed E-state index contributed by atoms with van der Waals surface area (Å²) in [6.07, 6.45) is 1.86. The number of nitrogens with two attached hydrogens (primary N) is 1. The first-order valence-corrected chi connectivity index (χ1v) is 11.4. The van der Waals surface area contributed by atoms with Crippen LogP contribution >= 0.6 is 22.9 Å². The largest absolute Gasteiger partial charge is 0.496 e. The van der Waals surface area contributed by atoms with Gasteiger partial charge in [0.2, 0.25) is 0 Å². The van der Waals surface area contributed by atoms with Crippen molar-refractivity contribution in [3.63, 3.8) is 0 Å². The Balaban J connectivity index is 1.88. The predicted octanol–water partition coefficient (Wildman–Crippen LogP) is 6.82. The van der Waals surface area contributed by atoms with Crippen LogP contribution in [0, 0.1) is 31.5 Å². The summed E-state index contributed by atoms with van der Waals surface area (Å²) >= 11 is 8.02. The summed E-state index contributed by atoms with van der Waals surface area (Å²) in [5.41, 5.74) is 10.0. The fourth-order valence-electron chi connectivity index (χ4n) is 3.42. The Morgan fingerprint density at radius 1 is 1.19 bits per heavy atom. The van der Waals surface area contributed by atoms with Gasteiger partial charge < -0.3 is 10.5 Å². The molecule has 1 heterocycles. The van der Waals surface area contributed by atoms with Crippen molar-refractivity contribution in [3.05, 3.63) is 68.2 Å². The van der Waals surface area contributed by atoms with Crippen LogP contribution in [0.5, 0.6) is 5.75 Å². The van der Waals surface area contributed by atoms with E-state index in [0.29, 0.717) is 5.02 Å². The monoisotopic (exact) mass is 456 g/mol. The Morgan fingerprint density at radius 2 is 1.90 bits per heavy atom. The van der Waals surface area contributed by atoms with Crippen molar-refractivity contribution in [2.75, 3.05) is 7.11 Å². The topological polar surface area (TPSA) is 48.1 Å². The average molecular weight is 457 g/mol. The van der Waals surface area contributed by atoms with Crippen LogP contribution in [0.25, 0.3) is 11.3 Å². The van der Waals surface area contributed by atoms with E-state index in [-0.39, 0.29) is 11.7 Å². The summed E-state index contributed by atoms with van der Waals surface area (Å²) in [7, 11) is 1.62. The molecule has 0 amide bonds. The normalized spacial score (nSPS) is 12.7. The number of ether oxygens (including phenoxy) is 1. The number of benzene rings is 2. The minimum atomic E-state index is -0.504. The molecule has 0 bridgehead atoms. The van der Waals surface area contributed by atoms with Gasteiger partial charge in [0.25, 0.3) is 0 Å². The summed E-state index contributed by atoms with van der Waals surface area (Å²) in [6, 6.07) is 9.80. The lowest BCUT2D eigenvalue weighted by Crippen LogP contribution is -2.08. The van der Waals surface area contributed by atoms with Crippen LogP contribution in [-0.2, 0) is 0 Å². The molecule has 0 aliphatic heterocycles. The van der Waals surface area contributed by atoms with Crippen LogP contribution in [0.1, 0.15) is 52.7 Å². The van der Waals surface area contributed by atoms with Crippen molar-refractivity contribution in [1.82, 2.24) is 4.98 Å². The molecule has 162 valence electrons. The van der Waals surface area contributed by atoms with Gasteiger partial charge in [-0.2, -0.15) is 0 Å². The van der Waals surface area contributed by atoms with Crippen molar-refractivity contribution in [1.29, 1.82) is 0 Å². The lowest BCUT2D eigenvalue weighted by atomic mass is 9.95. The van der Waals surface area contributed by atoms with Crippen molar-refractivity contribution < 1.29 is 9.13 Å². The number of aryl methyl sites for hydroxylation is 2. The molecule has 31 heavy (non-hydrogen) atoms.